The van der Waals surface area contributed by atoms with Crippen molar-refractivity contribution >= 4 is 0 Å². The van der Waals surface area contributed by atoms with Gasteiger partial charge in [-0.1, -0.05) is 35.5 Å². The lowest BCUT2D eigenvalue weighted by Gasteiger charge is -1.99. The van der Waals surface area contributed by atoms with E-state index in [-0.39, 0.29) is 6.42 Å². The number of aryl methyl sites for hydroxylation is 3. The third-order valence-electron chi connectivity index (χ3n) is 3.57. The van der Waals surface area contributed by atoms with Gasteiger partial charge in [-0.3, -0.25) is 9.78 Å². The Morgan fingerprint density at radius 3 is 2.61 bits per heavy atom. The van der Waals surface area contributed by atoms with Crippen molar-refractivity contribution in [2.75, 3.05) is 0 Å². The molecule has 0 aliphatic heterocycles. The molecule has 0 fully saturated rings. The van der Waals surface area contributed by atoms with Gasteiger partial charge in [0, 0.05) is 17.7 Å². The fourth-order valence-electron chi connectivity index (χ4n) is 2.35. The number of nitrogens with one attached hydrogen (secondary N) is 2. The first-order valence-corrected chi connectivity index (χ1v) is 7.29. The van der Waals surface area contributed by atoms with Gasteiger partial charge in [0.25, 0.3) is 5.56 Å². The van der Waals surface area contributed by atoms with Gasteiger partial charge in [-0.2, -0.15) is 4.98 Å². The minimum absolute atomic E-state index is 0.191. The molecule has 0 amide bonds. The highest BCUT2D eigenvalue weighted by Gasteiger charge is 2.12. The molecule has 3 aromatic rings. The fourth-order valence-corrected chi connectivity index (χ4v) is 2.35. The van der Waals surface area contributed by atoms with E-state index < -0.39 is 11.2 Å². The molecule has 0 atom stereocenters. The molecule has 0 spiro atoms. The van der Waals surface area contributed by atoms with Gasteiger partial charge in [0.1, 0.15) is 0 Å². The van der Waals surface area contributed by atoms with Crippen LogP contribution >= 0.6 is 0 Å². The predicted molar refractivity (Wildman–Crippen MR) is 83.4 cm³/mol. The van der Waals surface area contributed by atoms with Gasteiger partial charge in [-0.15, -0.1) is 0 Å². The van der Waals surface area contributed by atoms with Crippen LogP contribution in [0.25, 0.3) is 0 Å². The van der Waals surface area contributed by atoms with Crippen molar-refractivity contribution in [1.82, 2.24) is 20.1 Å². The first-order valence-electron chi connectivity index (χ1n) is 7.29. The Hall–Kier alpha value is -2.96. The summed E-state index contributed by atoms with van der Waals surface area (Å²) >= 11 is 0. The van der Waals surface area contributed by atoms with E-state index in [1.165, 1.54) is 5.56 Å². The molecule has 0 bridgehead atoms. The number of aromatic nitrogens is 4. The van der Waals surface area contributed by atoms with Gasteiger partial charge in [0.2, 0.25) is 5.89 Å². The molecule has 0 saturated heterocycles. The van der Waals surface area contributed by atoms with Crippen LogP contribution in [0.5, 0.6) is 0 Å². The summed E-state index contributed by atoms with van der Waals surface area (Å²) in [4.78, 5) is 32.0. The fraction of sp³-hybridized carbons (Fsp3) is 0.250. The zero-order valence-corrected chi connectivity index (χ0v) is 12.6. The first kappa shape index (κ1) is 15.0. The molecule has 2 aromatic heterocycles. The Labute approximate surface area is 131 Å². The van der Waals surface area contributed by atoms with E-state index in [4.69, 9.17) is 4.52 Å². The van der Waals surface area contributed by atoms with Crippen LogP contribution in [-0.2, 0) is 19.3 Å². The first-order chi connectivity index (χ1) is 11.1. The maximum atomic E-state index is 11.8. The lowest BCUT2D eigenvalue weighted by Crippen LogP contribution is -2.27. The lowest BCUT2D eigenvalue weighted by molar-refractivity contribution is 0.378. The zero-order chi connectivity index (χ0) is 16.2. The second-order valence-electron chi connectivity index (χ2n) is 5.28. The Balaban J connectivity index is 1.70. The molecule has 2 N–H and O–H groups in total. The average molecular weight is 312 g/mol. The lowest BCUT2D eigenvalue weighted by atomic mass is 10.1. The van der Waals surface area contributed by atoms with Crippen LogP contribution in [-0.4, -0.2) is 20.1 Å². The van der Waals surface area contributed by atoms with Gasteiger partial charge in [0.15, 0.2) is 5.82 Å². The monoisotopic (exact) mass is 312 g/mol. The van der Waals surface area contributed by atoms with Gasteiger partial charge in [-0.25, -0.2) is 4.79 Å². The zero-order valence-electron chi connectivity index (χ0n) is 12.6. The summed E-state index contributed by atoms with van der Waals surface area (Å²) in [6, 6.07) is 10.0. The molecule has 0 aliphatic carbocycles. The van der Waals surface area contributed by atoms with Crippen molar-refractivity contribution in [3.05, 3.63) is 79.7 Å². The maximum absolute atomic E-state index is 11.8. The average Bonchev–Trinajstić information content (AvgIpc) is 2.97. The topological polar surface area (TPSA) is 105 Å². The standard InChI is InChI=1S/C16H16N4O3/c1-10-12(15(21)19-16(22)17-10)9-14-18-13(20-23-14)8-7-11-5-3-2-4-6-11/h2-6H,7-9H2,1H3,(H2,17,19,21,22). The summed E-state index contributed by atoms with van der Waals surface area (Å²) in [7, 11) is 0. The number of nitrogens with zero attached hydrogens (tertiary/aromatic N) is 2. The predicted octanol–water partition coefficient (Wildman–Crippen LogP) is 1.13. The van der Waals surface area contributed by atoms with Crippen molar-refractivity contribution in [3.8, 4) is 0 Å². The van der Waals surface area contributed by atoms with Crippen LogP contribution in [0.15, 0.2) is 44.4 Å². The molecule has 7 nitrogen and oxygen atoms in total. The summed E-state index contributed by atoms with van der Waals surface area (Å²) in [5.74, 6) is 0.955. The number of hydrogen-bond donors (Lipinski definition) is 2. The number of benzene rings is 1. The molecule has 1 aromatic carbocycles. The molecule has 0 aliphatic rings. The molecule has 118 valence electrons. The number of H-pyrrole nitrogens is 2. The maximum Gasteiger partial charge on any atom is 0.325 e. The van der Waals surface area contributed by atoms with Crippen LogP contribution < -0.4 is 11.2 Å². The summed E-state index contributed by atoms with van der Waals surface area (Å²) < 4.78 is 5.19. The third kappa shape index (κ3) is 3.63. The molecule has 23 heavy (non-hydrogen) atoms. The summed E-state index contributed by atoms with van der Waals surface area (Å²) in [6.07, 6.45) is 1.67. The second kappa shape index (κ2) is 6.43. The van der Waals surface area contributed by atoms with E-state index in [1.54, 1.807) is 6.92 Å². The van der Waals surface area contributed by atoms with Gasteiger partial charge >= 0.3 is 5.69 Å². The molecule has 0 saturated carbocycles. The Morgan fingerprint density at radius 2 is 1.87 bits per heavy atom. The van der Waals surface area contributed by atoms with Gasteiger partial charge < -0.3 is 9.51 Å². The van der Waals surface area contributed by atoms with E-state index in [0.29, 0.717) is 29.4 Å². The quantitative estimate of drug-likeness (QED) is 0.735. The summed E-state index contributed by atoms with van der Waals surface area (Å²) in [6.45, 7) is 1.67. The molecule has 0 unspecified atom stereocenters. The van der Waals surface area contributed by atoms with Crippen LogP contribution in [0.2, 0.25) is 0 Å². The van der Waals surface area contributed by atoms with Crippen molar-refractivity contribution < 1.29 is 4.52 Å². The van der Waals surface area contributed by atoms with Crippen molar-refractivity contribution in [2.24, 2.45) is 0 Å². The van der Waals surface area contributed by atoms with Gasteiger partial charge in [-0.05, 0) is 18.9 Å². The molecule has 7 heteroatoms. The minimum atomic E-state index is -0.523. The van der Waals surface area contributed by atoms with Crippen LogP contribution in [0.1, 0.15) is 28.5 Å². The van der Waals surface area contributed by atoms with E-state index in [0.717, 1.165) is 6.42 Å². The Bertz CT molecular complexity index is 909. The third-order valence-corrected chi connectivity index (χ3v) is 3.57. The van der Waals surface area contributed by atoms with Crippen LogP contribution in [0, 0.1) is 6.92 Å². The molecule has 3 rings (SSSR count). The Kier molecular flexibility index (Phi) is 4.18. The van der Waals surface area contributed by atoms with Crippen LogP contribution in [0.4, 0.5) is 0 Å². The summed E-state index contributed by atoms with van der Waals surface area (Å²) in [5.41, 5.74) is 1.16. The normalized spacial score (nSPS) is 10.8. The van der Waals surface area contributed by atoms with Crippen molar-refractivity contribution in [2.45, 2.75) is 26.2 Å². The minimum Gasteiger partial charge on any atom is -0.339 e. The molecular weight excluding hydrogens is 296 g/mol. The number of hydrogen-bond acceptors (Lipinski definition) is 5. The molecular formula is C16H16N4O3. The van der Waals surface area contributed by atoms with E-state index >= 15 is 0 Å². The van der Waals surface area contributed by atoms with Crippen LogP contribution in [0.3, 0.4) is 0 Å². The number of rotatable bonds is 5. The highest BCUT2D eigenvalue weighted by atomic mass is 16.5. The smallest absolute Gasteiger partial charge is 0.325 e. The largest absolute Gasteiger partial charge is 0.339 e. The van der Waals surface area contributed by atoms with Gasteiger partial charge in [0.05, 0.1) is 6.42 Å². The summed E-state index contributed by atoms with van der Waals surface area (Å²) in [5, 5.41) is 3.93. The van der Waals surface area contributed by atoms with Crippen molar-refractivity contribution in [3.63, 3.8) is 0 Å². The van der Waals surface area contributed by atoms with E-state index in [2.05, 4.69) is 20.1 Å². The molecule has 2 heterocycles. The SMILES string of the molecule is Cc1[nH]c(=O)[nH]c(=O)c1Cc1nc(CCc2ccccc2)no1. The Morgan fingerprint density at radius 1 is 1.09 bits per heavy atom. The van der Waals surface area contributed by atoms with Crippen molar-refractivity contribution in [1.29, 1.82) is 0 Å². The van der Waals surface area contributed by atoms with E-state index in [9.17, 15) is 9.59 Å². The number of aromatic amines is 2. The highest BCUT2D eigenvalue weighted by Crippen LogP contribution is 2.08. The highest BCUT2D eigenvalue weighted by molar-refractivity contribution is 5.19. The molecule has 0 radical (unpaired) electrons. The second-order valence-corrected chi connectivity index (χ2v) is 5.28. The van der Waals surface area contributed by atoms with E-state index in [1.807, 2.05) is 30.3 Å².